The Hall–Kier alpha value is -3.36. The third-order valence-electron chi connectivity index (χ3n) is 4.25. The number of nitrogens with one attached hydrogen (secondary N) is 1. The van der Waals surface area contributed by atoms with Gasteiger partial charge in [-0.3, -0.25) is 9.88 Å². The Labute approximate surface area is 159 Å². The lowest BCUT2D eigenvalue weighted by Crippen LogP contribution is -2.26. The van der Waals surface area contributed by atoms with Gasteiger partial charge in [-0.15, -0.1) is 13.2 Å². The van der Waals surface area contributed by atoms with E-state index in [1.165, 1.54) is 12.1 Å². The first-order valence-electron chi connectivity index (χ1n) is 8.48. The summed E-state index contributed by atoms with van der Waals surface area (Å²) in [5, 5.41) is 3.22. The van der Waals surface area contributed by atoms with Gasteiger partial charge in [0.05, 0.1) is 17.6 Å². The molecule has 1 aliphatic heterocycles. The van der Waals surface area contributed by atoms with Crippen molar-refractivity contribution in [2.45, 2.75) is 26.4 Å². The van der Waals surface area contributed by atoms with Crippen molar-refractivity contribution >= 4 is 17.2 Å². The molecule has 1 aromatic carbocycles. The van der Waals surface area contributed by atoms with Crippen LogP contribution in [-0.2, 0) is 0 Å². The number of pyridine rings is 1. The summed E-state index contributed by atoms with van der Waals surface area (Å²) in [7, 11) is 0. The van der Waals surface area contributed by atoms with E-state index < -0.39 is 12.5 Å². The van der Waals surface area contributed by atoms with Crippen LogP contribution in [0.3, 0.4) is 0 Å². The molecule has 0 bridgehead atoms. The molecule has 3 heterocycles. The standard InChI is InChI=1S/C19H16F3N5O/c1-11-9-17(25-12(2)24-11)27-15-7-8-23-10-14(15)26-18(27)13-5-3-4-6-16(13)28-19(20,21)22/h3-10,18,26H,1-2H3. The second kappa shape index (κ2) is 6.66. The van der Waals surface area contributed by atoms with E-state index in [9.17, 15) is 13.2 Å². The first-order valence-corrected chi connectivity index (χ1v) is 8.48. The smallest absolute Gasteiger partial charge is 0.405 e. The van der Waals surface area contributed by atoms with Gasteiger partial charge in [-0.05, 0) is 26.0 Å². The molecule has 1 unspecified atom stereocenters. The maximum absolute atomic E-state index is 12.9. The average molecular weight is 387 g/mol. The summed E-state index contributed by atoms with van der Waals surface area (Å²) in [5.74, 6) is 0.853. The average Bonchev–Trinajstić information content (AvgIpc) is 2.99. The zero-order valence-corrected chi connectivity index (χ0v) is 15.0. The topological polar surface area (TPSA) is 63.2 Å². The highest BCUT2D eigenvalue weighted by atomic mass is 19.4. The van der Waals surface area contributed by atoms with Crippen LogP contribution in [-0.4, -0.2) is 21.3 Å². The van der Waals surface area contributed by atoms with E-state index in [1.807, 2.05) is 11.8 Å². The van der Waals surface area contributed by atoms with E-state index in [0.29, 0.717) is 22.9 Å². The zero-order valence-electron chi connectivity index (χ0n) is 15.0. The number of hydrogen-bond donors (Lipinski definition) is 1. The fourth-order valence-electron chi connectivity index (χ4n) is 3.28. The molecule has 28 heavy (non-hydrogen) atoms. The van der Waals surface area contributed by atoms with Crippen LogP contribution >= 0.6 is 0 Å². The Balaban J connectivity index is 1.85. The highest BCUT2D eigenvalue weighted by molar-refractivity contribution is 5.81. The normalized spacial score (nSPS) is 15.9. The number of alkyl halides is 3. The van der Waals surface area contributed by atoms with Gasteiger partial charge in [0, 0.05) is 23.5 Å². The van der Waals surface area contributed by atoms with Gasteiger partial charge in [-0.2, -0.15) is 0 Å². The highest BCUT2D eigenvalue weighted by Crippen LogP contribution is 2.47. The summed E-state index contributed by atoms with van der Waals surface area (Å²) in [4.78, 5) is 14.7. The van der Waals surface area contributed by atoms with Crippen LogP contribution < -0.4 is 15.0 Å². The van der Waals surface area contributed by atoms with Crippen molar-refractivity contribution in [3.63, 3.8) is 0 Å². The van der Waals surface area contributed by atoms with Gasteiger partial charge in [0.15, 0.2) is 0 Å². The number of anilines is 3. The molecule has 1 aliphatic rings. The van der Waals surface area contributed by atoms with Crippen molar-refractivity contribution in [1.82, 2.24) is 15.0 Å². The van der Waals surface area contributed by atoms with Crippen LogP contribution in [0.2, 0.25) is 0 Å². The lowest BCUT2D eigenvalue weighted by Gasteiger charge is -2.28. The fourth-order valence-corrected chi connectivity index (χ4v) is 3.28. The summed E-state index contributed by atoms with van der Waals surface area (Å²) < 4.78 is 43.0. The molecule has 6 nitrogen and oxygen atoms in total. The lowest BCUT2D eigenvalue weighted by atomic mass is 10.1. The van der Waals surface area contributed by atoms with E-state index >= 15 is 0 Å². The van der Waals surface area contributed by atoms with Gasteiger partial charge >= 0.3 is 6.36 Å². The molecule has 3 aromatic rings. The lowest BCUT2D eigenvalue weighted by molar-refractivity contribution is -0.274. The SMILES string of the molecule is Cc1cc(N2c3ccncc3NC2c2ccccc2OC(F)(F)F)nc(C)n1. The first-order chi connectivity index (χ1) is 13.3. The van der Waals surface area contributed by atoms with Gasteiger partial charge in [0.25, 0.3) is 0 Å². The molecule has 0 fully saturated rings. The van der Waals surface area contributed by atoms with Crippen molar-refractivity contribution in [3.05, 3.63) is 65.9 Å². The molecule has 144 valence electrons. The first kappa shape index (κ1) is 18.0. The van der Waals surface area contributed by atoms with Crippen molar-refractivity contribution in [3.8, 4) is 5.75 Å². The molecule has 0 saturated heterocycles. The summed E-state index contributed by atoms with van der Waals surface area (Å²) in [6.07, 6.45) is -2.21. The third-order valence-corrected chi connectivity index (χ3v) is 4.25. The maximum atomic E-state index is 12.9. The van der Waals surface area contributed by atoms with Gasteiger partial charge in [0.2, 0.25) is 0 Å². The van der Waals surface area contributed by atoms with E-state index in [4.69, 9.17) is 0 Å². The van der Waals surface area contributed by atoms with Crippen molar-refractivity contribution in [2.24, 2.45) is 0 Å². The van der Waals surface area contributed by atoms with Gasteiger partial charge in [0.1, 0.15) is 23.6 Å². The van der Waals surface area contributed by atoms with Crippen molar-refractivity contribution < 1.29 is 17.9 Å². The van der Waals surface area contributed by atoms with Crippen LogP contribution in [0.25, 0.3) is 0 Å². The number of benzene rings is 1. The Morgan fingerprint density at radius 3 is 2.64 bits per heavy atom. The molecule has 0 spiro atoms. The second-order valence-electron chi connectivity index (χ2n) is 6.31. The quantitative estimate of drug-likeness (QED) is 0.706. The number of ether oxygens (including phenoxy) is 1. The minimum absolute atomic E-state index is 0.277. The zero-order chi connectivity index (χ0) is 19.9. The third kappa shape index (κ3) is 3.42. The molecule has 4 rings (SSSR count). The Bertz CT molecular complexity index is 1000. The summed E-state index contributed by atoms with van der Waals surface area (Å²) in [6.45, 7) is 3.61. The summed E-state index contributed by atoms with van der Waals surface area (Å²) in [5.41, 5.74) is 2.51. The molecular formula is C19H16F3N5O. The van der Waals surface area contributed by atoms with Crippen molar-refractivity contribution in [2.75, 3.05) is 10.2 Å². The minimum Gasteiger partial charge on any atom is -0.405 e. The maximum Gasteiger partial charge on any atom is 0.573 e. The molecular weight excluding hydrogens is 371 g/mol. The van der Waals surface area contributed by atoms with Gasteiger partial charge in [-0.1, -0.05) is 18.2 Å². The predicted molar refractivity (Wildman–Crippen MR) is 97.4 cm³/mol. The number of hydrogen-bond acceptors (Lipinski definition) is 6. The Morgan fingerprint density at radius 2 is 1.89 bits per heavy atom. The van der Waals surface area contributed by atoms with Crippen LogP contribution in [0.1, 0.15) is 23.2 Å². The molecule has 0 radical (unpaired) electrons. The Kier molecular flexibility index (Phi) is 4.29. The number of rotatable bonds is 3. The molecule has 0 amide bonds. The molecule has 9 heteroatoms. The van der Waals surface area contributed by atoms with Crippen LogP contribution in [0.5, 0.6) is 5.75 Å². The number of nitrogens with zero attached hydrogens (tertiary/aromatic N) is 4. The van der Waals surface area contributed by atoms with E-state index in [-0.39, 0.29) is 5.75 Å². The molecule has 0 aliphatic carbocycles. The number of aromatic nitrogens is 3. The minimum atomic E-state index is -4.80. The van der Waals surface area contributed by atoms with Gasteiger partial charge < -0.3 is 10.1 Å². The van der Waals surface area contributed by atoms with Crippen molar-refractivity contribution in [1.29, 1.82) is 0 Å². The number of aryl methyl sites for hydroxylation is 2. The molecule has 1 atom stereocenters. The Morgan fingerprint density at radius 1 is 1.11 bits per heavy atom. The fraction of sp³-hybridized carbons (Fsp3) is 0.211. The van der Waals surface area contributed by atoms with E-state index in [1.54, 1.807) is 43.6 Å². The monoisotopic (exact) mass is 387 g/mol. The van der Waals surface area contributed by atoms with E-state index in [2.05, 4.69) is 25.0 Å². The summed E-state index contributed by atoms with van der Waals surface area (Å²) in [6, 6.07) is 9.60. The highest BCUT2D eigenvalue weighted by Gasteiger charge is 2.37. The molecule has 0 saturated carbocycles. The van der Waals surface area contributed by atoms with Crippen LogP contribution in [0.4, 0.5) is 30.4 Å². The van der Waals surface area contributed by atoms with E-state index in [0.717, 1.165) is 11.4 Å². The number of halogens is 3. The molecule has 2 aromatic heterocycles. The largest absolute Gasteiger partial charge is 0.573 e. The van der Waals surface area contributed by atoms with Gasteiger partial charge in [-0.25, -0.2) is 9.97 Å². The van der Waals surface area contributed by atoms with Crippen LogP contribution in [0.15, 0.2) is 48.8 Å². The van der Waals surface area contributed by atoms with Crippen LogP contribution in [0, 0.1) is 13.8 Å². The number of fused-ring (bicyclic) bond motifs is 1. The summed E-state index contributed by atoms with van der Waals surface area (Å²) >= 11 is 0. The second-order valence-corrected chi connectivity index (χ2v) is 6.31. The number of para-hydroxylation sites is 1. The molecule has 1 N–H and O–H groups in total. The predicted octanol–water partition coefficient (Wildman–Crippen LogP) is 4.65.